The van der Waals surface area contributed by atoms with Crippen molar-refractivity contribution in [3.05, 3.63) is 76.5 Å². The molecule has 0 saturated carbocycles. The molecule has 2 aliphatic rings. The van der Waals surface area contributed by atoms with E-state index in [1.807, 2.05) is 18.1 Å². The summed E-state index contributed by atoms with van der Waals surface area (Å²) in [5, 5.41) is 10.6. The molecule has 0 aliphatic carbocycles. The Morgan fingerprint density at radius 3 is 2.61 bits per heavy atom. The third kappa shape index (κ3) is 5.05. The van der Waals surface area contributed by atoms with E-state index in [2.05, 4.69) is 52.7 Å². The molecule has 0 unspecified atom stereocenters. The zero-order valence-electron chi connectivity index (χ0n) is 18.4. The summed E-state index contributed by atoms with van der Waals surface area (Å²) in [7, 11) is 1.83. The molecule has 0 radical (unpaired) electrons. The highest BCUT2D eigenvalue weighted by atomic mass is 16.2. The van der Waals surface area contributed by atoms with Crippen LogP contribution in [0.5, 0.6) is 0 Å². The molecule has 0 fully saturated rings. The molecular weight excluding hydrogens is 384 g/mol. The van der Waals surface area contributed by atoms with Gasteiger partial charge in [0.2, 0.25) is 5.91 Å². The first-order valence-electron chi connectivity index (χ1n) is 11.2. The van der Waals surface area contributed by atoms with E-state index in [-0.39, 0.29) is 5.91 Å². The van der Waals surface area contributed by atoms with Crippen molar-refractivity contribution in [2.75, 3.05) is 33.2 Å². The van der Waals surface area contributed by atoms with E-state index in [1.54, 1.807) is 0 Å². The summed E-state index contributed by atoms with van der Waals surface area (Å²) >= 11 is 0. The molecule has 0 atom stereocenters. The summed E-state index contributed by atoms with van der Waals surface area (Å²) in [5.41, 5.74) is 7.08. The molecule has 2 aromatic rings. The number of amides is 1. The standard InChI is InChI=1S/C26H32N4O/c1-28-18-25(17-27)22-8-7-21-10-14-30(26(31)16-24(21)15-22)12-4-11-29-13-9-20-5-2-3-6-23(20)19-29/h2-3,5-8,15,17-18,27-28H,4,9-14,16,19H2,1H3/b25-18+,27-17?. The first-order chi connectivity index (χ1) is 15.2. The third-order valence-corrected chi connectivity index (χ3v) is 6.45. The summed E-state index contributed by atoms with van der Waals surface area (Å²) in [6, 6.07) is 15.0. The fraction of sp³-hybridized carbons (Fsp3) is 0.385. The van der Waals surface area contributed by atoms with Crippen molar-refractivity contribution in [2.45, 2.75) is 32.2 Å². The van der Waals surface area contributed by atoms with Crippen LogP contribution in [0.4, 0.5) is 0 Å². The van der Waals surface area contributed by atoms with E-state index in [4.69, 9.17) is 5.41 Å². The van der Waals surface area contributed by atoms with Gasteiger partial charge in [0.1, 0.15) is 0 Å². The van der Waals surface area contributed by atoms with E-state index in [9.17, 15) is 4.79 Å². The lowest BCUT2D eigenvalue weighted by atomic mass is 9.97. The fourth-order valence-electron chi connectivity index (χ4n) is 4.70. The Hall–Kier alpha value is -2.92. The average Bonchev–Trinajstić information content (AvgIpc) is 2.95. The van der Waals surface area contributed by atoms with Crippen LogP contribution in [0.15, 0.2) is 48.7 Å². The van der Waals surface area contributed by atoms with E-state index in [0.717, 1.165) is 68.7 Å². The van der Waals surface area contributed by atoms with Crippen molar-refractivity contribution < 1.29 is 4.79 Å². The number of benzene rings is 2. The van der Waals surface area contributed by atoms with Crippen LogP contribution in [-0.4, -0.2) is 55.1 Å². The topological polar surface area (TPSA) is 59.4 Å². The number of nitrogens with zero attached hydrogens (tertiary/aromatic N) is 2. The number of nitrogens with one attached hydrogen (secondary N) is 2. The molecule has 1 amide bonds. The maximum absolute atomic E-state index is 12.9. The second-order valence-corrected chi connectivity index (χ2v) is 8.47. The molecule has 0 saturated heterocycles. The molecule has 5 nitrogen and oxygen atoms in total. The van der Waals surface area contributed by atoms with Crippen molar-refractivity contribution >= 4 is 17.7 Å². The summed E-state index contributed by atoms with van der Waals surface area (Å²) in [6.07, 6.45) is 6.65. The summed E-state index contributed by atoms with van der Waals surface area (Å²) in [5.74, 6) is 0.217. The Kier molecular flexibility index (Phi) is 6.82. The number of hydrogen-bond acceptors (Lipinski definition) is 4. The summed E-state index contributed by atoms with van der Waals surface area (Å²) < 4.78 is 0. The SMILES string of the molecule is CN/C=C(\C=N)c1ccc2c(c1)CC(=O)N(CCCN1CCc3ccccc3C1)CC2. The number of hydrogen-bond donors (Lipinski definition) is 2. The van der Waals surface area contributed by atoms with Gasteiger partial charge in [0.25, 0.3) is 0 Å². The van der Waals surface area contributed by atoms with E-state index in [0.29, 0.717) is 6.42 Å². The van der Waals surface area contributed by atoms with Crippen LogP contribution < -0.4 is 5.32 Å². The maximum atomic E-state index is 12.9. The second-order valence-electron chi connectivity index (χ2n) is 8.47. The van der Waals surface area contributed by atoms with Crippen LogP contribution in [0.25, 0.3) is 5.57 Å². The molecule has 5 heteroatoms. The number of carbonyl (C=O) groups excluding carboxylic acids is 1. The molecular formula is C26H32N4O. The molecule has 31 heavy (non-hydrogen) atoms. The number of carbonyl (C=O) groups is 1. The minimum atomic E-state index is 0.217. The number of allylic oxidation sites excluding steroid dienone is 1. The van der Waals surface area contributed by atoms with Gasteiger partial charge in [-0.1, -0.05) is 42.5 Å². The van der Waals surface area contributed by atoms with Gasteiger partial charge >= 0.3 is 0 Å². The van der Waals surface area contributed by atoms with Crippen molar-refractivity contribution in [1.29, 1.82) is 5.41 Å². The van der Waals surface area contributed by atoms with Crippen molar-refractivity contribution in [1.82, 2.24) is 15.1 Å². The Labute approximate surface area is 185 Å². The van der Waals surface area contributed by atoms with Gasteiger partial charge in [-0.15, -0.1) is 0 Å². The Morgan fingerprint density at radius 2 is 1.81 bits per heavy atom. The van der Waals surface area contributed by atoms with Gasteiger partial charge in [0.15, 0.2) is 0 Å². The quantitative estimate of drug-likeness (QED) is 0.681. The van der Waals surface area contributed by atoms with Crippen molar-refractivity contribution in [2.24, 2.45) is 0 Å². The second kappa shape index (κ2) is 9.92. The van der Waals surface area contributed by atoms with Crippen molar-refractivity contribution in [3.63, 3.8) is 0 Å². The minimum absolute atomic E-state index is 0.217. The summed E-state index contributed by atoms with van der Waals surface area (Å²) in [4.78, 5) is 17.5. The predicted molar refractivity (Wildman–Crippen MR) is 126 cm³/mol. The lowest BCUT2D eigenvalue weighted by molar-refractivity contribution is -0.130. The molecule has 162 valence electrons. The first-order valence-corrected chi connectivity index (χ1v) is 11.2. The van der Waals surface area contributed by atoms with Gasteiger partial charge in [-0.05, 0) is 47.1 Å². The highest BCUT2D eigenvalue weighted by molar-refractivity contribution is 6.08. The Balaban J connectivity index is 1.33. The van der Waals surface area contributed by atoms with Gasteiger partial charge < -0.3 is 15.6 Å². The molecule has 2 heterocycles. The molecule has 0 bridgehead atoms. The maximum Gasteiger partial charge on any atom is 0.227 e. The molecule has 0 spiro atoms. The van der Waals surface area contributed by atoms with Crippen LogP contribution in [0.3, 0.4) is 0 Å². The lowest BCUT2D eigenvalue weighted by Gasteiger charge is -2.29. The zero-order valence-corrected chi connectivity index (χ0v) is 18.4. The first kappa shape index (κ1) is 21.3. The largest absolute Gasteiger partial charge is 0.393 e. The number of fused-ring (bicyclic) bond motifs is 2. The normalized spacial score (nSPS) is 17.0. The van der Waals surface area contributed by atoms with Gasteiger partial charge in [-0.2, -0.15) is 0 Å². The van der Waals surface area contributed by atoms with Crippen LogP contribution >= 0.6 is 0 Å². The minimum Gasteiger partial charge on any atom is -0.393 e. The van der Waals surface area contributed by atoms with E-state index < -0.39 is 0 Å². The third-order valence-electron chi connectivity index (χ3n) is 6.45. The van der Waals surface area contributed by atoms with Crippen LogP contribution in [0.2, 0.25) is 0 Å². The van der Waals surface area contributed by atoms with Crippen LogP contribution in [-0.2, 0) is 30.6 Å². The number of rotatable bonds is 7. The Bertz CT molecular complexity index is 981. The molecule has 2 N–H and O–H groups in total. The van der Waals surface area contributed by atoms with Gasteiger partial charge in [-0.25, -0.2) is 0 Å². The van der Waals surface area contributed by atoms with Gasteiger partial charge in [0, 0.05) is 57.8 Å². The van der Waals surface area contributed by atoms with Crippen LogP contribution in [0, 0.1) is 5.41 Å². The highest BCUT2D eigenvalue weighted by Crippen LogP contribution is 2.23. The monoisotopic (exact) mass is 416 g/mol. The van der Waals surface area contributed by atoms with Gasteiger partial charge in [0.05, 0.1) is 6.42 Å². The summed E-state index contributed by atoms with van der Waals surface area (Å²) in [6.45, 7) is 4.77. The van der Waals surface area contributed by atoms with Crippen molar-refractivity contribution in [3.8, 4) is 0 Å². The van der Waals surface area contributed by atoms with E-state index in [1.165, 1.54) is 22.9 Å². The zero-order chi connectivity index (χ0) is 21.6. The predicted octanol–water partition coefficient (Wildman–Crippen LogP) is 3.27. The lowest BCUT2D eigenvalue weighted by Crippen LogP contribution is -2.36. The average molecular weight is 417 g/mol. The smallest absolute Gasteiger partial charge is 0.227 e. The van der Waals surface area contributed by atoms with E-state index >= 15 is 0 Å². The molecule has 2 aliphatic heterocycles. The van der Waals surface area contributed by atoms with Gasteiger partial charge in [-0.3, -0.25) is 9.69 Å². The highest BCUT2D eigenvalue weighted by Gasteiger charge is 2.22. The fourth-order valence-corrected chi connectivity index (χ4v) is 4.70. The molecule has 2 aromatic carbocycles. The molecule has 0 aromatic heterocycles. The molecule has 4 rings (SSSR count). The Morgan fingerprint density at radius 1 is 1.03 bits per heavy atom. The van der Waals surface area contributed by atoms with Crippen LogP contribution in [0.1, 0.15) is 34.2 Å².